The monoisotopic (exact) mass is 282 g/mol. The van der Waals surface area contributed by atoms with E-state index in [-0.39, 0.29) is 11.1 Å². The second-order valence-electron chi connectivity index (χ2n) is 3.67. The fourth-order valence-electron chi connectivity index (χ4n) is 1.08. The fraction of sp³-hybridized carbons (Fsp3) is 0.600. The number of nitrogens with zero attached hydrogens (tertiary/aromatic N) is 2. The van der Waals surface area contributed by atoms with Gasteiger partial charge in [-0.15, -0.1) is 0 Å². The summed E-state index contributed by atoms with van der Waals surface area (Å²) < 4.78 is 57.2. The molecule has 1 aromatic heterocycles. The van der Waals surface area contributed by atoms with Gasteiger partial charge < -0.3 is 8.97 Å². The third kappa shape index (κ3) is 3.74. The second kappa shape index (κ2) is 5.75. The highest BCUT2D eigenvalue weighted by atomic mass is 32.2. The van der Waals surface area contributed by atoms with E-state index in [9.17, 15) is 17.7 Å². The number of rotatable bonds is 4. The maximum atomic E-state index is 12.5. The molecule has 1 aromatic rings. The van der Waals surface area contributed by atoms with E-state index < -0.39 is 29.0 Å². The van der Waals surface area contributed by atoms with Crippen molar-refractivity contribution < 1.29 is 22.1 Å². The molecule has 0 aliphatic carbocycles. The molecule has 1 rings (SSSR count). The highest BCUT2D eigenvalue weighted by molar-refractivity contribution is 7.90. The lowest BCUT2D eigenvalue weighted by Crippen LogP contribution is -2.14. The van der Waals surface area contributed by atoms with E-state index in [1.54, 1.807) is 6.92 Å². The van der Waals surface area contributed by atoms with E-state index in [0.717, 1.165) is 6.21 Å². The highest BCUT2D eigenvalue weighted by Crippen LogP contribution is 2.32. The fourth-order valence-corrected chi connectivity index (χ4v) is 1.78. The Morgan fingerprint density at radius 1 is 1.56 bits per heavy atom. The smallest absolute Gasteiger partial charge is 0.451 e. The van der Waals surface area contributed by atoms with Gasteiger partial charge in [-0.05, 0) is 13.3 Å². The Morgan fingerprint density at radius 3 is 2.67 bits per heavy atom. The van der Waals surface area contributed by atoms with Gasteiger partial charge in [0.05, 0.1) is 11.4 Å². The van der Waals surface area contributed by atoms with E-state index in [1.165, 1.54) is 6.92 Å². The third-order valence-electron chi connectivity index (χ3n) is 2.22. The SMILES string of the molecule is CCC(C)[S+]([O-])N=Cc1nc(C)oc1C(F)(F)F. The predicted octanol–water partition coefficient (Wildman–Crippen LogP) is 2.88. The standard InChI is InChI=1S/C10H13F3N2O2S/c1-4-6(2)18(16)14-5-8-9(10(11,12)13)17-7(3)15-8/h5-6H,4H2,1-3H3. The maximum Gasteiger partial charge on any atom is 0.451 e. The van der Waals surface area contributed by atoms with Crippen molar-refractivity contribution in [3.8, 4) is 0 Å². The molecule has 0 aliphatic rings. The van der Waals surface area contributed by atoms with E-state index in [1.807, 2.05) is 6.92 Å². The molecule has 18 heavy (non-hydrogen) atoms. The molecule has 2 unspecified atom stereocenters. The number of hydrogen-bond acceptors (Lipinski definition) is 4. The highest BCUT2D eigenvalue weighted by Gasteiger charge is 2.39. The summed E-state index contributed by atoms with van der Waals surface area (Å²) in [5.41, 5.74) is -0.448. The number of oxazole rings is 1. The molecule has 8 heteroatoms. The Morgan fingerprint density at radius 2 is 2.17 bits per heavy atom. The van der Waals surface area contributed by atoms with Gasteiger partial charge in [0, 0.05) is 6.92 Å². The summed E-state index contributed by atoms with van der Waals surface area (Å²) in [4.78, 5) is 3.56. The Balaban J connectivity index is 2.94. The summed E-state index contributed by atoms with van der Waals surface area (Å²) >= 11 is -1.57. The molecule has 0 bridgehead atoms. The van der Waals surface area contributed by atoms with Crippen LogP contribution in [-0.2, 0) is 17.5 Å². The van der Waals surface area contributed by atoms with E-state index in [2.05, 4.69) is 13.8 Å². The van der Waals surface area contributed by atoms with Crippen LogP contribution in [0.5, 0.6) is 0 Å². The molecule has 0 aliphatic heterocycles. The van der Waals surface area contributed by atoms with Crippen molar-refractivity contribution in [3.63, 3.8) is 0 Å². The van der Waals surface area contributed by atoms with Crippen molar-refractivity contribution in [2.24, 2.45) is 4.40 Å². The van der Waals surface area contributed by atoms with E-state index in [4.69, 9.17) is 0 Å². The second-order valence-corrected chi connectivity index (χ2v) is 5.24. The molecular weight excluding hydrogens is 269 g/mol. The lowest BCUT2D eigenvalue weighted by Gasteiger charge is -2.08. The van der Waals surface area contributed by atoms with E-state index in [0.29, 0.717) is 6.42 Å². The summed E-state index contributed by atoms with van der Waals surface area (Å²) in [5.74, 6) is -1.33. The molecule has 0 aromatic carbocycles. The average Bonchev–Trinajstić information content (AvgIpc) is 2.66. The zero-order valence-electron chi connectivity index (χ0n) is 10.1. The first-order valence-electron chi connectivity index (χ1n) is 5.25. The van der Waals surface area contributed by atoms with Crippen molar-refractivity contribution in [2.45, 2.75) is 38.6 Å². The molecule has 4 nitrogen and oxygen atoms in total. The summed E-state index contributed by atoms with van der Waals surface area (Å²) in [6.07, 6.45) is -3.17. The van der Waals surface area contributed by atoms with Crippen molar-refractivity contribution >= 4 is 17.6 Å². The molecule has 0 saturated heterocycles. The van der Waals surface area contributed by atoms with Crippen LogP contribution in [0.15, 0.2) is 8.81 Å². The molecule has 1 heterocycles. The summed E-state index contributed by atoms with van der Waals surface area (Å²) in [6.45, 7) is 4.82. The molecule has 2 atom stereocenters. The number of hydrogen-bond donors (Lipinski definition) is 0. The van der Waals surface area contributed by atoms with Gasteiger partial charge in [-0.3, -0.25) is 0 Å². The first-order valence-corrected chi connectivity index (χ1v) is 6.42. The molecule has 0 spiro atoms. The normalized spacial score (nSPS) is 16.2. The van der Waals surface area contributed by atoms with Crippen LogP contribution in [0.25, 0.3) is 0 Å². The first-order chi connectivity index (χ1) is 8.25. The first kappa shape index (κ1) is 15.0. The van der Waals surface area contributed by atoms with Crippen molar-refractivity contribution in [2.75, 3.05) is 0 Å². The summed E-state index contributed by atoms with van der Waals surface area (Å²) in [6, 6.07) is 0. The van der Waals surface area contributed by atoms with Gasteiger partial charge in [0.1, 0.15) is 17.2 Å². The Hall–Kier alpha value is -1.02. The lowest BCUT2D eigenvalue weighted by atomic mass is 10.3. The Labute approximate surface area is 106 Å². The zero-order valence-corrected chi connectivity index (χ0v) is 10.9. The quantitative estimate of drug-likeness (QED) is 0.630. The summed E-state index contributed by atoms with van der Waals surface area (Å²) in [5, 5.41) is -0.219. The molecule has 0 N–H and O–H groups in total. The van der Waals surface area contributed by atoms with Gasteiger partial charge in [-0.1, -0.05) is 11.3 Å². The number of aryl methyl sites for hydroxylation is 1. The zero-order chi connectivity index (χ0) is 13.9. The largest absolute Gasteiger partial charge is 0.591 e. The molecule has 0 fully saturated rings. The van der Waals surface area contributed by atoms with Gasteiger partial charge in [0.2, 0.25) is 5.76 Å². The van der Waals surface area contributed by atoms with Crippen LogP contribution in [-0.4, -0.2) is 21.0 Å². The third-order valence-corrected chi connectivity index (χ3v) is 3.55. The van der Waals surface area contributed by atoms with Crippen LogP contribution in [0.1, 0.15) is 37.6 Å². The minimum absolute atomic E-state index is 0.113. The van der Waals surface area contributed by atoms with Crippen molar-refractivity contribution in [1.29, 1.82) is 0 Å². The topological polar surface area (TPSA) is 61.5 Å². The van der Waals surface area contributed by atoms with Gasteiger partial charge in [-0.25, -0.2) is 4.98 Å². The van der Waals surface area contributed by atoms with Gasteiger partial charge in [0.15, 0.2) is 5.89 Å². The molecule has 0 radical (unpaired) electrons. The molecular formula is C10H13F3N2O2S. The van der Waals surface area contributed by atoms with Crippen LogP contribution < -0.4 is 0 Å². The Kier molecular flexibility index (Phi) is 4.80. The van der Waals surface area contributed by atoms with Crippen LogP contribution in [0, 0.1) is 6.92 Å². The van der Waals surface area contributed by atoms with E-state index >= 15 is 0 Å². The minimum Gasteiger partial charge on any atom is -0.591 e. The van der Waals surface area contributed by atoms with Gasteiger partial charge in [0.25, 0.3) is 0 Å². The predicted molar refractivity (Wildman–Crippen MR) is 61.7 cm³/mol. The summed E-state index contributed by atoms with van der Waals surface area (Å²) in [7, 11) is 0. The number of aromatic nitrogens is 1. The van der Waals surface area contributed by atoms with Crippen molar-refractivity contribution in [3.05, 3.63) is 17.3 Å². The Bertz CT molecular complexity index is 431. The van der Waals surface area contributed by atoms with Crippen LogP contribution >= 0.6 is 0 Å². The van der Waals surface area contributed by atoms with Gasteiger partial charge in [-0.2, -0.15) is 13.2 Å². The number of alkyl halides is 3. The van der Waals surface area contributed by atoms with Crippen LogP contribution in [0.3, 0.4) is 0 Å². The van der Waals surface area contributed by atoms with Gasteiger partial charge >= 0.3 is 6.18 Å². The lowest BCUT2D eigenvalue weighted by molar-refractivity contribution is -0.153. The van der Waals surface area contributed by atoms with Crippen molar-refractivity contribution in [1.82, 2.24) is 4.98 Å². The molecule has 0 amide bonds. The molecule has 0 saturated carbocycles. The minimum atomic E-state index is -4.64. The van der Waals surface area contributed by atoms with Crippen LogP contribution in [0.4, 0.5) is 13.2 Å². The number of halogens is 3. The van der Waals surface area contributed by atoms with Crippen LogP contribution in [0.2, 0.25) is 0 Å². The molecule has 102 valence electrons. The maximum absolute atomic E-state index is 12.5. The average molecular weight is 282 g/mol.